The van der Waals surface area contributed by atoms with Crippen LogP contribution in [-0.2, 0) is 21.1 Å². The lowest BCUT2D eigenvalue weighted by Crippen LogP contribution is -2.47. The second-order valence-corrected chi connectivity index (χ2v) is 8.49. The van der Waals surface area contributed by atoms with E-state index in [1.54, 1.807) is 6.92 Å². The molecule has 1 aliphatic rings. The molecule has 0 saturated carbocycles. The second kappa shape index (κ2) is 5.39. The number of nitrogens with one attached hydrogen (secondary N) is 1. The van der Waals surface area contributed by atoms with Crippen LogP contribution in [0.5, 0.6) is 0 Å². The van der Waals surface area contributed by atoms with Gasteiger partial charge >= 0.3 is 0 Å². The summed E-state index contributed by atoms with van der Waals surface area (Å²) in [6, 6.07) is 13.9. The molecule has 0 aliphatic carbocycles. The largest absolute Gasteiger partial charge is 0.350 e. The molecule has 1 saturated heterocycles. The van der Waals surface area contributed by atoms with Crippen LogP contribution in [0.25, 0.3) is 10.8 Å². The van der Waals surface area contributed by atoms with Gasteiger partial charge in [0.1, 0.15) is 0 Å². The molecule has 1 heterocycles. The minimum Gasteiger partial charge on any atom is -0.350 e. The van der Waals surface area contributed by atoms with E-state index in [1.807, 2.05) is 42.5 Å². The van der Waals surface area contributed by atoms with Gasteiger partial charge in [-0.1, -0.05) is 42.5 Å². The van der Waals surface area contributed by atoms with Crippen LogP contribution < -0.4 is 5.32 Å². The summed E-state index contributed by atoms with van der Waals surface area (Å²) in [4.78, 5) is 12.2. The maximum atomic E-state index is 12.2. The van der Waals surface area contributed by atoms with Gasteiger partial charge in [-0.05, 0) is 29.7 Å². The number of hydrogen-bond acceptors (Lipinski definition) is 3. The lowest BCUT2D eigenvalue weighted by molar-refractivity contribution is -0.121. The van der Waals surface area contributed by atoms with Crippen LogP contribution in [0.3, 0.4) is 0 Å². The van der Waals surface area contributed by atoms with Crippen molar-refractivity contribution in [1.82, 2.24) is 5.32 Å². The molecule has 0 aromatic heterocycles. The maximum Gasteiger partial charge on any atom is 0.224 e. The van der Waals surface area contributed by atoms with E-state index >= 15 is 0 Å². The lowest BCUT2D eigenvalue weighted by Gasteiger charge is -2.23. The third-order valence-electron chi connectivity index (χ3n) is 4.12. The molecule has 2 aromatic rings. The third-order valence-corrected chi connectivity index (χ3v) is 6.03. The van der Waals surface area contributed by atoms with Gasteiger partial charge < -0.3 is 5.32 Å². The van der Waals surface area contributed by atoms with Crippen molar-refractivity contribution in [2.75, 3.05) is 11.5 Å². The van der Waals surface area contributed by atoms with Gasteiger partial charge in [-0.15, -0.1) is 0 Å². The Labute approximate surface area is 130 Å². The average Bonchev–Trinajstić information content (AvgIpc) is 2.72. The van der Waals surface area contributed by atoms with Gasteiger partial charge in [-0.2, -0.15) is 0 Å². The second-order valence-electron chi connectivity index (χ2n) is 6.31. The summed E-state index contributed by atoms with van der Waals surface area (Å²) in [5.74, 6) is 0.0540. The molecule has 1 fully saturated rings. The van der Waals surface area contributed by atoms with E-state index in [4.69, 9.17) is 0 Å². The minimum atomic E-state index is -3.02. The molecule has 0 bridgehead atoms. The highest BCUT2D eigenvalue weighted by Crippen LogP contribution is 2.23. The molecule has 0 radical (unpaired) electrons. The number of amides is 1. The molecule has 1 amide bonds. The van der Waals surface area contributed by atoms with Crippen LogP contribution in [-0.4, -0.2) is 31.4 Å². The van der Waals surface area contributed by atoms with Crippen molar-refractivity contribution >= 4 is 26.5 Å². The number of benzene rings is 2. The monoisotopic (exact) mass is 317 g/mol. The van der Waals surface area contributed by atoms with Gasteiger partial charge in [0, 0.05) is 0 Å². The van der Waals surface area contributed by atoms with E-state index in [9.17, 15) is 13.2 Å². The standard InChI is InChI=1S/C17H19NO3S/c1-17(8-9-22(20,21)12-17)18-16(19)11-13-6-7-14-4-2-3-5-15(14)10-13/h2-7,10H,8-9,11-12H2,1H3,(H,18,19)/t17-/m1/s1. The highest BCUT2D eigenvalue weighted by atomic mass is 32.2. The summed E-state index contributed by atoms with van der Waals surface area (Å²) in [5.41, 5.74) is 0.299. The lowest BCUT2D eigenvalue weighted by atomic mass is 10.0. The van der Waals surface area contributed by atoms with Gasteiger partial charge in [0.05, 0.1) is 23.5 Å². The molecule has 1 atom stereocenters. The molecule has 0 unspecified atom stereocenters. The summed E-state index contributed by atoms with van der Waals surface area (Å²) < 4.78 is 23.2. The molecule has 1 N–H and O–H groups in total. The first-order valence-corrected chi connectivity index (χ1v) is 9.17. The number of carbonyl (C=O) groups is 1. The number of sulfone groups is 1. The average molecular weight is 317 g/mol. The molecule has 116 valence electrons. The molecule has 4 nitrogen and oxygen atoms in total. The predicted octanol–water partition coefficient (Wildman–Crippen LogP) is 2.08. The summed E-state index contributed by atoms with van der Waals surface area (Å²) in [6.07, 6.45) is 0.749. The first-order chi connectivity index (χ1) is 10.4. The SMILES string of the molecule is C[C@@]1(NC(=O)Cc2ccc3ccccc3c2)CCS(=O)(=O)C1. The normalized spacial score (nSPS) is 23.5. The van der Waals surface area contributed by atoms with Crippen LogP contribution in [0.1, 0.15) is 18.9 Å². The van der Waals surface area contributed by atoms with Crippen LogP contribution in [0.15, 0.2) is 42.5 Å². The molecule has 3 rings (SSSR count). The van der Waals surface area contributed by atoms with E-state index in [-0.39, 0.29) is 23.8 Å². The Balaban J connectivity index is 1.71. The van der Waals surface area contributed by atoms with E-state index in [1.165, 1.54) is 0 Å². The number of fused-ring (bicyclic) bond motifs is 1. The number of rotatable bonds is 3. The first kappa shape index (κ1) is 15.0. The molecular formula is C17H19NO3S. The highest BCUT2D eigenvalue weighted by molar-refractivity contribution is 7.91. The zero-order valence-electron chi connectivity index (χ0n) is 12.5. The predicted molar refractivity (Wildman–Crippen MR) is 87.5 cm³/mol. The van der Waals surface area contributed by atoms with Crippen molar-refractivity contribution in [3.8, 4) is 0 Å². The first-order valence-electron chi connectivity index (χ1n) is 7.34. The molecule has 0 spiro atoms. The number of carbonyl (C=O) groups excluding carboxylic acids is 1. The van der Waals surface area contributed by atoms with Crippen molar-refractivity contribution in [2.24, 2.45) is 0 Å². The molecule has 22 heavy (non-hydrogen) atoms. The van der Waals surface area contributed by atoms with Crippen molar-refractivity contribution in [2.45, 2.75) is 25.3 Å². The minimum absolute atomic E-state index is 0.0312. The molecule has 5 heteroatoms. The summed E-state index contributed by atoms with van der Waals surface area (Å²) in [5, 5.41) is 5.13. The quantitative estimate of drug-likeness (QED) is 0.942. The van der Waals surface area contributed by atoms with E-state index in [0.717, 1.165) is 16.3 Å². The van der Waals surface area contributed by atoms with Gasteiger partial charge in [0.2, 0.25) is 5.91 Å². The van der Waals surface area contributed by atoms with Gasteiger partial charge in [0.15, 0.2) is 9.84 Å². The van der Waals surface area contributed by atoms with Gasteiger partial charge in [0.25, 0.3) is 0 Å². The Hall–Kier alpha value is -1.88. The topological polar surface area (TPSA) is 63.2 Å². The zero-order valence-corrected chi connectivity index (χ0v) is 13.3. The van der Waals surface area contributed by atoms with Crippen molar-refractivity contribution in [1.29, 1.82) is 0 Å². The molecule has 1 aliphatic heterocycles. The van der Waals surface area contributed by atoms with Crippen LogP contribution in [0, 0.1) is 0 Å². The maximum absolute atomic E-state index is 12.2. The third kappa shape index (κ3) is 3.30. The Kier molecular flexibility index (Phi) is 3.68. The van der Waals surface area contributed by atoms with E-state index in [0.29, 0.717) is 6.42 Å². The van der Waals surface area contributed by atoms with Crippen LogP contribution in [0.4, 0.5) is 0 Å². The molecule has 2 aromatic carbocycles. The summed E-state index contributed by atoms with van der Waals surface area (Å²) >= 11 is 0. The van der Waals surface area contributed by atoms with Crippen LogP contribution >= 0.6 is 0 Å². The van der Waals surface area contributed by atoms with Crippen molar-refractivity contribution < 1.29 is 13.2 Å². The van der Waals surface area contributed by atoms with E-state index < -0.39 is 15.4 Å². The van der Waals surface area contributed by atoms with Crippen LogP contribution in [0.2, 0.25) is 0 Å². The Morgan fingerprint density at radius 1 is 1.18 bits per heavy atom. The fourth-order valence-corrected chi connectivity index (χ4v) is 5.12. The fourth-order valence-electron chi connectivity index (χ4n) is 3.02. The molecular weight excluding hydrogens is 298 g/mol. The van der Waals surface area contributed by atoms with Crippen molar-refractivity contribution in [3.63, 3.8) is 0 Å². The Morgan fingerprint density at radius 2 is 1.91 bits per heavy atom. The van der Waals surface area contributed by atoms with Crippen molar-refractivity contribution in [3.05, 3.63) is 48.0 Å². The summed E-state index contributed by atoms with van der Waals surface area (Å²) in [6.45, 7) is 1.80. The van der Waals surface area contributed by atoms with E-state index in [2.05, 4.69) is 5.32 Å². The number of hydrogen-bond donors (Lipinski definition) is 1. The Bertz CT molecular complexity index is 829. The smallest absolute Gasteiger partial charge is 0.224 e. The highest BCUT2D eigenvalue weighted by Gasteiger charge is 2.39. The van der Waals surface area contributed by atoms with Gasteiger partial charge in [-0.25, -0.2) is 8.42 Å². The van der Waals surface area contributed by atoms with Gasteiger partial charge in [-0.3, -0.25) is 4.79 Å². The summed E-state index contributed by atoms with van der Waals surface area (Å²) in [7, 11) is -3.02. The fraction of sp³-hybridized carbons (Fsp3) is 0.353. The zero-order chi connectivity index (χ0) is 15.8. The Morgan fingerprint density at radius 3 is 2.59 bits per heavy atom.